The molecule has 0 fully saturated rings. The number of imidazole rings is 1. The number of nitrogens with zero attached hydrogens (tertiary/aromatic N) is 3. The highest BCUT2D eigenvalue weighted by atomic mass is 79.9. The number of fused-ring (bicyclic) bond motifs is 1. The van der Waals surface area contributed by atoms with Crippen molar-refractivity contribution in [2.24, 2.45) is 0 Å². The number of H-pyrrole nitrogens is 1. The van der Waals surface area contributed by atoms with E-state index in [1.54, 1.807) is 6.07 Å². The summed E-state index contributed by atoms with van der Waals surface area (Å²) in [7, 11) is 0. The normalized spacial score (nSPS) is 10.9. The van der Waals surface area contributed by atoms with E-state index in [-0.39, 0.29) is 16.9 Å². The maximum absolute atomic E-state index is 13.3. The second-order valence-electron chi connectivity index (χ2n) is 3.61. The predicted octanol–water partition coefficient (Wildman–Crippen LogP) is 3.70. The summed E-state index contributed by atoms with van der Waals surface area (Å²) < 4.78 is 19.3. The third-order valence-corrected chi connectivity index (χ3v) is 2.90. The van der Waals surface area contributed by atoms with Crippen LogP contribution in [0.1, 0.15) is 0 Å². The fourth-order valence-corrected chi connectivity index (χ4v) is 2.16. The first-order chi connectivity index (χ1) is 9.11. The molecule has 0 aliphatic rings. The Morgan fingerprint density at radius 1 is 1.26 bits per heavy atom. The van der Waals surface area contributed by atoms with E-state index in [9.17, 15) is 4.39 Å². The molecule has 0 aliphatic heterocycles. The van der Waals surface area contributed by atoms with Gasteiger partial charge in [-0.3, -0.25) is 0 Å². The molecule has 2 aromatic heterocycles. The molecule has 5 nitrogen and oxygen atoms in total. The van der Waals surface area contributed by atoms with Crippen LogP contribution < -0.4 is 4.74 Å². The third-order valence-electron chi connectivity index (χ3n) is 2.28. The molecular weight excluding hydrogens is 339 g/mol. The van der Waals surface area contributed by atoms with Crippen molar-refractivity contribution in [1.29, 1.82) is 0 Å². The second-order valence-corrected chi connectivity index (χ2v) is 4.86. The van der Waals surface area contributed by atoms with Crippen LogP contribution in [-0.2, 0) is 0 Å². The van der Waals surface area contributed by atoms with Gasteiger partial charge in [-0.1, -0.05) is 15.9 Å². The minimum absolute atomic E-state index is 0.00469. The highest BCUT2D eigenvalue weighted by Gasteiger charge is 2.11. The van der Waals surface area contributed by atoms with Gasteiger partial charge in [0, 0.05) is 10.5 Å². The predicted molar refractivity (Wildman–Crippen MR) is 70.9 cm³/mol. The zero-order valence-corrected chi connectivity index (χ0v) is 11.5. The first-order valence-corrected chi connectivity index (χ1v) is 6.29. The SMILES string of the molecule is Fc1cc(Br)cc(Oc2nc(Cl)nc3nc[nH]c23)c1. The zero-order chi connectivity index (χ0) is 13.4. The Kier molecular flexibility index (Phi) is 3.08. The Balaban J connectivity index is 2.07. The van der Waals surface area contributed by atoms with E-state index in [0.717, 1.165) is 0 Å². The summed E-state index contributed by atoms with van der Waals surface area (Å²) in [6, 6.07) is 4.18. The summed E-state index contributed by atoms with van der Waals surface area (Å²) >= 11 is 8.95. The quantitative estimate of drug-likeness (QED) is 0.721. The smallest absolute Gasteiger partial charge is 0.250 e. The van der Waals surface area contributed by atoms with Gasteiger partial charge in [0.25, 0.3) is 0 Å². The number of ether oxygens (including phenoxy) is 1. The molecule has 0 radical (unpaired) electrons. The highest BCUT2D eigenvalue weighted by Crippen LogP contribution is 2.28. The van der Waals surface area contributed by atoms with Crippen LogP contribution in [0.4, 0.5) is 4.39 Å². The van der Waals surface area contributed by atoms with Gasteiger partial charge in [-0.05, 0) is 23.7 Å². The average Bonchev–Trinajstić information content (AvgIpc) is 2.75. The number of benzene rings is 1. The highest BCUT2D eigenvalue weighted by molar-refractivity contribution is 9.10. The van der Waals surface area contributed by atoms with Crippen molar-refractivity contribution in [1.82, 2.24) is 19.9 Å². The van der Waals surface area contributed by atoms with E-state index >= 15 is 0 Å². The summed E-state index contributed by atoms with van der Waals surface area (Å²) in [5, 5.41) is 0.00469. The Labute approximate surface area is 119 Å². The number of halogens is 3. The number of aromatic nitrogens is 4. The van der Waals surface area contributed by atoms with Crippen molar-refractivity contribution in [3.8, 4) is 11.6 Å². The van der Waals surface area contributed by atoms with Crippen LogP contribution in [0.3, 0.4) is 0 Å². The van der Waals surface area contributed by atoms with Gasteiger partial charge in [0.2, 0.25) is 11.2 Å². The number of aromatic amines is 1. The van der Waals surface area contributed by atoms with E-state index in [4.69, 9.17) is 16.3 Å². The van der Waals surface area contributed by atoms with Crippen molar-refractivity contribution < 1.29 is 9.13 Å². The molecule has 8 heteroatoms. The lowest BCUT2D eigenvalue weighted by Crippen LogP contribution is -1.93. The molecule has 0 saturated heterocycles. The van der Waals surface area contributed by atoms with Crippen LogP contribution in [0.2, 0.25) is 5.28 Å². The number of hydrogen-bond donors (Lipinski definition) is 1. The molecule has 3 rings (SSSR count). The van der Waals surface area contributed by atoms with Gasteiger partial charge in [-0.25, -0.2) is 9.37 Å². The number of nitrogens with one attached hydrogen (secondary N) is 1. The van der Waals surface area contributed by atoms with Gasteiger partial charge in [0.1, 0.15) is 17.1 Å². The van der Waals surface area contributed by atoms with Gasteiger partial charge in [-0.2, -0.15) is 9.97 Å². The van der Waals surface area contributed by atoms with E-state index in [2.05, 4.69) is 35.9 Å². The molecule has 0 amide bonds. The first kappa shape index (κ1) is 12.3. The molecule has 1 N–H and O–H groups in total. The van der Waals surface area contributed by atoms with Gasteiger partial charge in [0.05, 0.1) is 6.33 Å². The van der Waals surface area contributed by atoms with Crippen molar-refractivity contribution >= 4 is 38.7 Å². The summed E-state index contributed by atoms with van der Waals surface area (Å²) in [6.07, 6.45) is 1.45. The van der Waals surface area contributed by atoms with Gasteiger partial charge in [0.15, 0.2) is 5.65 Å². The van der Waals surface area contributed by atoms with Gasteiger partial charge < -0.3 is 9.72 Å². The van der Waals surface area contributed by atoms with Crippen molar-refractivity contribution in [2.45, 2.75) is 0 Å². The van der Waals surface area contributed by atoms with E-state index in [1.165, 1.54) is 18.5 Å². The van der Waals surface area contributed by atoms with Gasteiger partial charge in [-0.15, -0.1) is 0 Å². The Hall–Kier alpha value is -1.73. The largest absolute Gasteiger partial charge is 0.437 e. The maximum Gasteiger partial charge on any atom is 0.250 e. The lowest BCUT2D eigenvalue weighted by molar-refractivity contribution is 0.462. The second kappa shape index (κ2) is 4.75. The fourth-order valence-electron chi connectivity index (χ4n) is 1.55. The topological polar surface area (TPSA) is 63.7 Å². The van der Waals surface area contributed by atoms with E-state index < -0.39 is 5.82 Å². The molecular formula is C11H5BrClFN4O. The molecule has 0 saturated carbocycles. The minimum Gasteiger partial charge on any atom is -0.437 e. The number of rotatable bonds is 2. The maximum atomic E-state index is 13.3. The van der Waals surface area contributed by atoms with Crippen LogP contribution in [0, 0.1) is 5.82 Å². The summed E-state index contributed by atoms with van der Waals surface area (Å²) in [6.45, 7) is 0. The third kappa shape index (κ3) is 2.52. The van der Waals surface area contributed by atoms with Crippen molar-refractivity contribution in [3.05, 3.63) is 40.1 Å². The Morgan fingerprint density at radius 3 is 2.89 bits per heavy atom. The zero-order valence-electron chi connectivity index (χ0n) is 9.19. The van der Waals surface area contributed by atoms with Crippen LogP contribution in [0.5, 0.6) is 11.6 Å². The summed E-state index contributed by atoms with van der Waals surface area (Å²) in [5.74, 6) is 0.0490. The first-order valence-electron chi connectivity index (χ1n) is 5.12. The molecule has 96 valence electrons. The Bertz CT molecular complexity index is 743. The molecule has 0 aliphatic carbocycles. The van der Waals surface area contributed by atoms with Crippen LogP contribution in [-0.4, -0.2) is 19.9 Å². The van der Waals surface area contributed by atoms with E-state index in [0.29, 0.717) is 15.6 Å². The fraction of sp³-hybridized carbons (Fsp3) is 0. The average molecular weight is 344 g/mol. The molecule has 0 spiro atoms. The molecule has 3 aromatic rings. The Morgan fingerprint density at radius 2 is 2.11 bits per heavy atom. The van der Waals surface area contributed by atoms with Crippen LogP contribution >= 0.6 is 27.5 Å². The van der Waals surface area contributed by atoms with Crippen LogP contribution in [0.25, 0.3) is 11.2 Å². The molecule has 0 bridgehead atoms. The minimum atomic E-state index is -0.426. The monoisotopic (exact) mass is 342 g/mol. The molecule has 0 atom stereocenters. The summed E-state index contributed by atoms with van der Waals surface area (Å²) in [4.78, 5) is 14.7. The van der Waals surface area contributed by atoms with Crippen LogP contribution in [0.15, 0.2) is 29.0 Å². The van der Waals surface area contributed by atoms with E-state index in [1.807, 2.05) is 0 Å². The molecule has 1 aromatic carbocycles. The molecule has 0 unspecified atom stereocenters. The number of hydrogen-bond acceptors (Lipinski definition) is 4. The van der Waals surface area contributed by atoms with Crippen molar-refractivity contribution in [3.63, 3.8) is 0 Å². The van der Waals surface area contributed by atoms with Crippen molar-refractivity contribution in [2.75, 3.05) is 0 Å². The van der Waals surface area contributed by atoms with Gasteiger partial charge >= 0.3 is 0 Å². The molecule has 19 heavy (non-hydrogen) atoms. The lowest BCUT2D eigenvalue weighted by Gasteiger charge is -2.06. The lowest BCUT2D eigenvalue weighted by atomic mass is 10.3. The standard InChI is InChI=1S/C11H5BrClFN4O/c12-5-1-6(14)3-7(2-5)19-10-8-9(16-4-15-8)17-11(13)18-10/h1-4H,(H,15,16,17,18). The molecule has 2 heterocycles. The summed E-state index contributed by atoms with van der Waals surface area (Å²) in [5.41, 5.74) is 0.871.